The first-order valence-corrected chi connectivity index (χ1v) is 5.03. The predicted molar refractivity (Wildman–Crippen MR) is 37.3 cm³/mol. The van der Waals surface area contributed by atoms with Crippen LogP contribution in [0.5, 0.6) is 0 Å². The van der Waals surface area contributed by atoms with Crippen molar-refractivity contribution in [2.45, 2.75) is 0 Å². The SMILES string of the molecule is O=S(=O)(O)Cl.O=S(=O)(O)O.[B]. The van der Waals surface area contributed by atoms with E-state index in [2.05, 4.69) is 10.7 Å². The van der Waals surface area contributed by atoms with E-state index in [1.807, 2.05) is 0 Å². The van der Waals surface area contributed by atoms with Crippen molar-refractivity contribution in [2.24, 2.45) is 0 Å². The first kappa shape index (κ1) is 17.3. The largest absolute Gasteiger partial charge is 0.394 e. The molecule has 11 heavy (non-hydrogen) atoms. The molecular weight excluding hydrogens is 222 g/mol. The Morgan fingerprint density at radius 2 is 0.909 bits per heavy atom. The van der Waals surface area contributed by atoms with E-state index >= 15 is 0 Å². The maximum Gasteiger partial charge on any atom is 0.394 e. The van der Waals surface area contributed by atoms with Gasteiger partial charge >= 0.3 is 19.7 Å². The standard InChI is InChI=1S/B.ClHO3S.H2O4S/c;2*1-5(2,3)4/h;(H,2,3,4);(H2,1,2,3,4). The topological polar surface area (TPSA) is 129 Å². The maximum atomic E-state index is 8.95. The van der Waals surface area contributed by atoms with E-state index in [0.717, 1.165) is 0 Å². The van der Waals surface area contributed by atoms with Gasteiger partial charge in [0, 0.05) is 19.1 Å². The number of halogens is 1. The van der Waals surface area contributed by atoms with Gasteiger partial charge in [-0.15, -0.1) is 0 Å². The molecule has 0 aliphatic heterocycles. The Balaban J connectivity index is -0.000000107. The minimum Gasteiger partial charge on any atom is -0.273 e. The summed E-state index contributed by atoms with van der Waals surface area (Å²) in [7, 11) is -4.80. The molecule has 0 saturated heterocycles. The van der Waals surface area contributed by atoms with Crippen LogP contribution < -0.4 is 0 Å². The normalized spacial score (nSPS) is 10.5. The third-order valence-corrected chi connectivity index (χ3v) is 0. The molecule has 11 heteroatoms. The van der Waals surface area contributed by atoms with Crippen molar-refractivity contribution < 1.29 is 30.5 Å². The van der Waals surface area contributed by atoms with Crippen LogP contribution in [0.1, 0.15) is 0 Å². The van der Waals surface area contributed by atoms with E-state index < -0.39 is 19.7 Å². The smallest absolute Gasteiger partial charge is 0.273 e. The fourth-order valence-corrected chi connectivity index (χ4v) is 0. The lowest BCUT2D eigenvalue weighted by molar-refractivity contribution is 0.381. The zero-order valence-electron chi connectivity index (χ0n) is 4.75. The molecule has 0 bridgehead atoms. The predicted octanol–water partition coefficient (Wildman–Crippen LogP) is -1.01. The van der Waals surface area contributed by atoms with Crippen LogP contribution in [-0.2, 0) is 19.7 Å². The fraction of sp³-hybridized carbons (Fsp3) is 0. The van der Waals surface area contributed by atoms with Crippen molar-refractivity contribution in [3.63, 3.8) is 0 Å². The summed E-state index contributed by atoms with van der Waals surface area (Å²) in [6.07, 6.45) is 0. The van der Waals surface area contributed by atoms with Crippen molar-refractivity contribution >= 4 is 38.8 Å². The van der Waals surface area contributed by atoms with Crippen LogP contribution in [0.2, 0.25) is 0 Å². The molecule has 0 fully saturated rings. The Labute approximate surface area is 69.8 Å². The van der Waals surface area contributed by atoms with E-state index in [1.54, 1.807) is 0 Å². The van der Waals surface area contributed by atoms with Crippen molar-refractivity contribution in [1.29, 1.82) is 0 Å². The van der Waals surface area contributed by atoms with E-state index in [1.165, 1.54) is 0 Å². The average molecular weight is 225 g/mol. The van der Waals surface area contributed by atoms with E-state index in [9.17, 15) is 0 Å². The van der Waals surface area contributed by atoms with Crippen molar-refractivity contribution in [3.05, 3.63) is 0 Å². The van der Waals surface area contributed by atoms with Crippen molar-refractivity contribution in [2.75, 3.05) is 0 Å². The first-order valence-electron chi connectivity index (χ1n) is 1.37. The van der Waals surface area contributed by atoms with E-state index in [4.69, 9.17) is 30.5 Å². The van der Waals surface area contributed by atoms with Gasteiger partial charge < -0.3 is 0 Å². The van der Waals surface area contributed by atoms with E-state index in [0.29, 0.717) is 0 Å². The summed E-state index contributed by atoms with van der Waals surface area (Å²) < 4.78 is 56.7. The van der Waals surface area contributed by atoms with Gasteiger partial charge in [0.05, 0.1) is 0 Å². The molecule has 3 radical (unpaired) electrons. The van der Waals surface area contributed by atoms with Crippen molar-refractivity contribution in [3.8, 4) is 0 Å². The molecule has 0 aliphatic carbocycles. The van der Waals surface area contributed by atoms with Gasteiger partial charge in [-0.2, -0.15) is 16.8 Å². The Bertz CT molecular complexity index is 213. The van der Waals surface area contributed by atoms with Gasteiger partial charge in [-0.25, -0.2) is 0 Å². The quantitative estimate of drug-likeness (QED) is 0.274. The lowest BCUT2D eigenvalue weighted by Crippen LogP contribution is -1.89. The van der Waals surface area contributed by atoms with Crippen LogP contribution in [0.15, 0.2) is 0 Å². The number of rotatable bonds is 0. The highest BCUT2D eigenvalue weighted by Gasteiger charge is 1.86. The van der Waals surface area contributed by atoms with Crippen molar-refractivity contribution in [1.82, 2.24) is 0 Å². The van der Waals surface area contributed by atoms with Crippen LogP contribution >= 0.6 is 10.7 Å². The molecule has 0 spiro atoms. The van der Waals surface area contributed by atoms with Gasteiger partial charge in [-0.3, -0.25) is 13.7 Å². The summed E-state index contributed by atoms with van der Waals surface area (Å²) in [4.78, 5) is 0. The molecule has 67 valence electrons. The number of hydrogen-bond donors (Lipinski definition) is 3. The zero-order valence-corrected chi connectivity index (χ0v) is 7.14. The Morgan fingerprint density at radius 3 is 0.909 bits per heavy atom. The van der Waals surface area contributed by atoms with E-state index in [-0.39, 0.29) is 8.41 Å². The molecule has 3 N–H and O–H groups in total. The lowest BCUT2D eigenvalue weighted by atomic mass is 10.8. The third kappa shape index (κ3) is 36800. The summed E-state index contributed by atoms with van der Waals surface area (Å²) in [6, 6.07) is 0. The van der Waals surface area contributed by atoms with Gasteiger partial charge in [-0.1, -0.05) is 0 Å². The van der Waals surface area contributed by atoms with Gasteiger partial charge in [0.15, 0.2) is 0 Å². The van der Waals surface area contributed by atoms with Gasteiger partial charge in [0.2, 0.25) is 0 Å². The fourth-order valence-electron chi connectivity index (χ4n) is 0. The highest BCUT2D eigenvalue weighted by Crippen LogP contribution is 1.82. The second-order valence-electron chi connectivity index (χ2n) is 0.860. The minimum atomic E-state index is -4.67. The Morgan fingerprint density at radius 1 is 0.909 bits per heavy atom. The molecule has 0 heterocycles. The zero-order chi connectivity index (χ0) is 9.00. The first-order chi connectivity index (χ1) is 4.00. The maximum absolute atomic E-state index is 8.95. The summed E-state index contributed by atoms with van der Waals surface area (Å²) in [5.74, 6) is 0. The molecule has 0 aromatic heterocycles. The second-order valence-corrected chi connectivity index (χ2v) is 3.75. The van der Waals surface area contributed by atoms with Crippen LogP contribution in [0.3, 0.4) is 0 Å². The third-order valence-electron chi connectivity index (χ3n) is 0. The van der Waals surface area contributed by atoms with Gasteiger partial charge in [-0.05, 0) is 0 Å². The summed E-state index contributed by atoms with van der Waals surface area (Å²) in [5.41, 5.74) is 0. The molecule has 7 nitrogen and oxygen atoms in total. The highest BCUT2D eigenvalue weighted by molar-refractivity contribution is 8.09. The molecule has 0 rings (SSSR count). The Hall–Kier alpha value is 0.135. The van der Waals surface area contributed by atoms with Crippen LogP contribution in [0.4, 0.5) is 0 Å². The molecular formula is H3BClO7S2. The van der Waals surface area contributed by atoms with Crippen LogP contribution in [-0.4, -0.2) is 38.9 Å². The summed E-state index contributed by atoms with van der Waals surface area (Å²) in [6.45, 7) is 0. The van der Waals surface area contributed by atoms with Crippen LogP contribution in [0.25, 0.3) is 0 Å². The number of hydrogen-bond acceptors (Lipinski definition) is 4. The monoisotopic (exact) mass is 225 g/mol. The van der Waals surface area contributed by atoms with Crippen LogP contribution in [0, 0.1) is 0 Å². The van der Waals surface area contributed by atoms with Gasteiger partial charge in [0.25, 0.3) is 0 Å². The highest BCUT2D eigenvalue weighted by atomic mass is 35.7. The summed E-state index contributed by atoms with van der Waals surface area (Å²) >= 11 is 0. The molecule has 0 amide bonds. The molecule has 0 aromatic rings. The molecule has 0 unspecified atom stereocenters. The van der Waals surface area contributed by atoms with Gasteiger partial charge in [0.1, 0.15) is 0 Å². The molecule has 0 saturated carbocycles. The Kier molecular flexibility index (Phi) is 9.02. The lowest BCUT2D eigenvalue weighted by Gasteiger charge is -1.68. The average Bonchev–Trinajstić information content (AvgIpc) is 1.12. The second kappa shape index (κ2) is 5.74. The molecule has 0 atom stereocenters. The minimum absolute atomic E-state index is 0. The molecule has 0 aromatic carbocycles. The molecule has 0 aliphatic rings. The summed E-state index contributed by atoms with van der Waals surface area (Å²) in [5, 5.41) is 0.